The standard InChI is InChI=1S/C21H20FNO4/c1-11-9-16(13(3)23(11)14-7-8-14)18(24)10-26-21(25)19-12(2)15-5-4-6-17(22)20(15)27-19/h4-6,9,14H,7-8,10H2,1-3H3. The van der Waals surface area contributed by atoms with Gasteiger partial charge in [-0.15, -0.1) is 0 Å². The quantitative estimate of drug-likeness (QED) is 0.484. The Morgan fingerprint density at radius 1 is 1.26 bits per heavy atom. The fraction of sp³-hybridized carbons (Fsp3) is 0.333. The molecule has 0 N–H and O–H groups in total. The fourth-order valence-corrected chi connectivity index (χ4v) is 3.63. The van der Waals surface area contributed by atoms with Crippen LogP contribution in [-0.2, 0) is 4.74 Å². The second kappa shape index (κ2) is 6.37. The molecule has 0 spiro atoms. The first kappa shape index (κ1) is 17.5. The fourth-order valence-electron chi connectivity index (χ4n) is 3.63. The van der Waals surface area contributed by atoms with E-state index in [-0.39, 0.29) is 23.7 Å². The molecule has 1 aliphatic rings. The van der Waals surface area contributed by atoms with Crippen molar-refractivity contribution in [3.8, 4) is 0 Å². The topological polar surface area (TPSA) is 61.4 Å². The molecular weight excluding hydrogens is 349 g/mol. The minimum absolute atomic E-state index is 0.0151. The number of fused-ring (bicyclic) bond motifs is 1. The highest BCUT2D eigenvalue weighted by atomic mass is 19.1. The number of ether oxygens (including phenoxy) is 1. The first-order valence-corrected chi connectivity index (χ1v) is 8.95. The van der Waals surface area contributed by atoms with Crippen LogP contribution < -0.4 is 0 Å². The summed E-state index contributed by atoms with van der Waals surface area (Å²) in [6.45, 7) is 5.16. The van der Waals surface area contributed by atoms with E-state index < -0.39 is 11.8 Å². The van der Waals surface area contributed by atoms with Gasteiger partial charge in [0.15, 0.2) is 18.0 Å². The zero-order chi connectivity index (χ0) is 19.3. The molecule has 0 saturated heterocycles. The van der Waals surface area contributed by atoms with Crippen molar-refractivity contribution in [1.82, 2.24) is 4.57 Å². The molecule has 27 heavy (non-hydrogen) atoms. The van der Waals surface area contributed by atoms with Crippen molar-refractivity contribution in [3.05, 3.63) is 58.4 Å². The average molecular weight is 369 g/mol. The third kappa shape index (κ3) is 2.95. The number of hydrogen-bond acceptors (Lipinski definition) is 4. The van der Waals surface area contributed by atoms with Crippen LogP contribution in [-0.4, -0.2) is 22.9 Å². The number of Topliss-reactive ketones (excluding diaryl/α,β-unsaturated/α-hetero) is 1. The van der Waals surface area contributed by atoms with Crippen LogP contribution in [0, 0.1) is 26.6 Å². The van der Waals surface area contributed by atoms with E-state index in [9.17, 15) is 14.0 Å². The smallest absolute Gasteiger partial charge is 0.375 e. The van der Waals surface area contributed by atoms with Gasteiger partial charge in [-0.05, 0) is 45.7 Å². The second-order valence-corrected chi connectivity index (χ2v) is 7.06. The van der Waals surface area contributed by atoms with E-state index in [4.69, 9.17) is 9.15 Å². The first-order valence-electron chi connectivity index (χ1n) is 8.95. The number of ketones is 1. The van der Waals surface area contributed by atoms with Crippen molar-refractivity contribution in [3.63, 3.8) is 0 Å². The predicted molar refractivity (Wildman–Crippen MR) is 97.7 cm³/mol. The molecule has 2 heterocycles. The number of esters is 1. The van der Waals surface area contributed by atoms with Crippen molar-refractivity contribution in [2.24, 2.45) is 0 Å². The molecule has 1 saturated carbocycles. The lowest BCUT2D eigenvalue weighted by Gasteiger charge is -2.07. The molecule has 0 amide bonds. The molecule has 2 aromatic heterocycles. The Labute approximate surface area is 155 Å². The van der Waals surface area contributed by atoms with Crippen LogP contribution in [0.3, 0.4) is 0 Å². The van der Waals surface area contributed by atoms with Gasteiger partial charge in [-0.2, -0.15) is 0 Å². The maximum absolute atomic E-state index is 13.8. The summed E-state index contributed by atoms with van der Waals surface area (Å²) in [7, 11) is 0. The van der Waals surface area contributed by atoms with Crippen LogP contribution >= 0.6 is 0 Å². The minimum Gasteiger partial charge on any atom is -0.451 e. The lowest BCUT2D eigenvalue weighted by atomic mass is 10.1. The van der Waals surface area contributed by atoms with E-state index in [0.29, 0.717) is 22.6 Å². The number of hydrogen-bond donors (Lipinski definition) is 0. The molecule has 1 fully saturated rings. The molecule has 4 rings (SSSR count). The molecule has 1 aromatic carbocycles. The van der Waals surface area contributed by atoms with Crippen LogP contribution in [0.1, 0.15) is 56.7 Å². The number of aryl methyl sites for hydroxylation is 2. The number of halogens is 1. The summed E-state index contributed by atoms with van der Waals surface area (Å²) in [5.74, 6) is -1.65. The summed E-state index contributed by atoms with van der Waals surface area (Å²) in [6.07, 6.45) is 2.25. The molecular formula is C21H20FNO4. The maximum atomic E-state index is 13.8. The average Bonchev–Trinajstić information content (AvgIpc) is 3.34. The molecule has 0 aliphatic heterocycles. The Kier molecular flexibility index (Phi) is 4.13. The van der Waals surface area contributed by atoms with Crippen LogP contribution in [0.15, 0.2) is 28.7 Å². The number of carbonyl (C=O) groups excluding carboxylic acids is 2. The van der Waals surface area contributed by atoms with Gasteiger partial charge < -0.3 is 13.7 Å². The minimum atomic E-state index is -0.771. The van der Waals surface area contributed by atoms with Crippen LogP contribution in [0.2, 0.25) is 0 Å². The Balaban J connectivity index is 1.51. The van der Waals surface area contributed by atoms with Crippen LogP contribution in [0.25, 0.3) is 11.0 Å². The normalized spacial score (nSPS) is 13.9. The SMILES string of the molecule is Cc1c(C(=O)OCC(=O)c2cc(C)n(C3CC3)c2C)oc2c(F)cccc12. The molecule has 3 aromatic rings. The molecule has 140 valence electrons. The van der Waals surface area contributed by atoms with Gasteiger partial charge in [0.1, 0.15) is 0 Å². The highest BCUT2D eigenvalue weighted by molar-refractivity contribution is 6.01. The number of nitrogens with zero attached hydrogens (tertiary/aromatic N) is 1. The van der Waals surface area contributed by atoms with Gasteiger partial charge in [0, 0.05) is 33.9 Å². The van der Waals surface area contributed by atoms with Crippen molar-refractivity contribution in [2.75, 3.05) is 6.61 Å². The number of para-hydroxylation sites is 1. The van der Waals surface area contributed by atoms with Crippen molar-refractivity contribution in [1.29, 1.82) is 0 Å². The Morgan fingerprint density at radius 2 is 2.00 bits per heavy atom. The number of carbonyl (C=O) groups is 2. The van der Waals surface area contributed by atoms with E-state index in [1.54, 1.807) is 19.1 Å². The Morgan fingerprint density at radius 3 is 2.67 bits per heavy atom. The van der Waals surface area contributed by atoms with E-state index >= 15 is 0 Å². The van der Waals surface area contributed by atoms with Gasteiger partial charge in [0.05, 0.1) is 0 Å². The van der Waals surface area contributed by atoms with Gasteiger partial charge in [0.25, 0.3) is 0 Å². The van der Waals surface area contributed by atoms with Crippen LogP contribution in [0.4, 0.5) is 4.39 Å². The van der Waals surface area contributed by atoms with Crippen molar-refractivity contribution in [2.45, 2.75) is 39.7 Å². The van der Waals surface area contributed by atoms with E-state index in [1.165, 1.54) is 6.07 Å². The number of furan rings is 1. The lowest BCUT2D eigenvalue weighted by Crippen LogP contribution is -2.15. The monoisotopic (exact) mass is 369 g/mol. The van der Waals surface area contributed by atoms with Gasteiger partial charge in [-0.3, -0.25) is 4.79 Å². The summed E-state index contributed by atoms with van der Waals surface area (Å²) < 4.78 is 26.5. The van der Waals surface area contributed by atoms with Crippen molar-refractivity contribution < 1.29 is 23.1 Å². The first-order chi connectivity index (χ1) is 12.9. The van der Waals surface area contributed by atoms with E-state index in [0.717, 1.165) is 24.2 Å². The number of aromatic nitrogens is 1. The molecule has 0 atom stereocenters. The third-order valence-electron chi connectivity index (χ3n) is 5.13. The number of rotatable bonds is 5. The molecule has 1 aliphatic carbocycles. The highest BCUT2D eigenvalue weighted by Crippen LogP contribution is 2.38. The van der Waals surface area contributed by atoms with Crippen LogP contribution in [0.5, 0.6) is 0 Å². The second-order valence-electron chi connectivity index (χ2n) is 7.06. The van der Waals surface area contributed by atoms with Gasteiger partial charge in [-0.1, -0.05) is 12.1 Å². The summed E-state index contributed by atoms with van der Waals surface area (Å²) in [5, 5.41) is 0.515. The molecule has 0 radical (unpaired) electrons. The molecule has 0 bridgehead atoms. The zero-order valence-corrected chi connectivity index (χ0v) is 15.5. The molecule has 6 heteroatoms. The summed E-state index contributed by atoms with van der Waals surface area (Å²) in [4.78, 5) is 24.9. The Bertz CT molecular complexity index is 1070. The van der Waals surface area contributed by atoms with E-state index in [2.05, 4.69) is 4.57 Å². The summed E-state index contributed by atoms with van der Waals surface area (Å²) in [6, 6.07) is 6.80. The van der Waals surface area contributed by atoms with Gasteiger partial charge in [0.2, 0.25) is 11.5 Å². The molecule has 0 unspecified atom stereocenters. The highest BCUT2D eigenvalue weighted by Gasteiger charge is 2.29. The summed E-state index contributed by atoms with van der Waals surface area (Å²) >= 11 is 0. The predicted octanol–water partition coefficient (Wildman–Crippen LogP) is 4.67. The zero-order valence-electron chi connectivity index (χ0n) is 15.5. The van der Waals surface area contributed by atoms with Gasteiger partial charge in [-0.25, -0.2) is 9.18 Å². The van der Waals surface area contributed by atoms with Gasteiger partial charge >= 0.3 is 5.97 Å². The number of benzene rings is 1. The lowest BCUT2D eigenvalue weighted by molar-refractivity contribution is 0.0444. The molecule has 5 nitrogen and oxygen atoms in total. The largest absolute Gasteiger partial charge is 0.451 e. The van der Waals surface area contributed by atoms with Crippen molar-refractivity contribution >= 4 is 22.7 Å². The maximum Gasteiger partial charge on any atom is 0.375 e. The Hall–Kier alpha value is -2.89. The summed E-state index contributed by atoms with van der Waals surface area (Å²) in [5.41, 5.74) is 3.01. The van der Waals surface area contributed by atoms with E-state index in [1.807, 2.05) is 19.9 Å². The third-order valence-corrected chi connectivity index (χ3v) is 5.13.